The van der Waals surface area contributed by atoms with Crippen LogP contribution in [0.25, 0.3) is 0 Å². The first-order valence-corrected chi connectivity index (χ1v) is 7.37. The first-order valence-electron chi connectivity index (χ1n) is 7.37. The van der Waals surface area contributed by atoms with Crippen LogP contribution in [0.3, 0.4) is 0 Å². The van der Waals surface area contributed by atoms with Gasteiger partial charge in [0, 0.05) is 38.3 Å². The van der Waals surface area contributed by atoms with Crippen molar-refractivity contribution in [1.82, 2.24) is 9.80 Å². The molecular formula is C14H29N3O. The molecule has 2 aliphatic heterocycles. The molecule has 0 radical (unpaired) electrons. The average Bonchev–Trinajstić information content (AvgIpc) is 2.63. The van der Waals surface area contributed by atoms with Crippen molar-refractivity contribution >= 4 is 0 Å². The lowest BCUT2D eigenvalue weighted by molar-refractivity contribution is 0.0296. The molecule has 4 heteroatoms. The normalized spacial score (nSPS) is 29.8. The van der Waals surface area contributed by atoms with Crippen LogP contribution in [0.15, 0.2) is 0 Å². The monoisotopic (exact) mass is 255 g/mol. The molecule has 2 heterocycles. The maximum absolute atomic E-state index is 5.69. The highest BCUT2D eigenvalue weighted by Gasteiger charge is 2.37. The first-order chi connectivity index (χ1) is 8.62. The van der Waals surface area contributed by atoms with Crippen molar-refractivity contribution in [3.63, 3.8) is 0 Å². The van der Waals surface area contributed by atoms with Gasteiger partial charge < -0.3 is 10.5 Å². The Hall–Kier alpha value is -0.160. The number of hydrogen-bond acceptors (Lipinski definition) is 4. The number of hydrogen-bond donors (Lipinski definition) is 1. The van der Waals surface area contributed by atoms with Gasteiger partial charge >= 0.3 is 0 Å². The maximum Gasteiger partial charge on any atom is 0.0594 e. The topological polar surface area (TPSA) is 41.7 Å². The van der Waals surface area contributed by atoms with Crippen molar-refractivity contribution in [1.29, 1.82) is 0 Å². The largest absolute Gasteiger partial charge is 0.379 e. The molecule has 2 rings (SSSR count). The Bertz CT molecular complexity index is 251. The highest BCUT2D eigenvalue weighted by molar-refractivity contribution is 4.93. The Morgan fingerprint density at radius 1 is 1.22 bits per heavy atom. The second-order valence-electron chi connectivity index (χ2n) is 6.36. The molecule has 0 bridgehead atoms. The van der Waals surface area contributed by atoms with Crippen LogP contribution in [0.4, 0.5) is 0 Å². The fourth-order valence-corrected chi connectivity index (χ4v) is 3.37. The summed E-state index contributed by atoms with van der Waals surface area (Å²) in [5.41, 5.74) is 6.05. The molecule has 0 spiro atoms. The third kappa shape index (κ3) is 3.67. The van der Waals surface area contributed by atoms with Crippen molar-refractivity contribution in [2.75, 3.05) is 52.5 Å². The molecule has 106 valence electrons. The van der Waals surface area contributed by atoms with Crippen LogP contribution >= 0.6 is 0 Å². The molecule has 2 fully saturated rings. The van der Waals surface area contributed by atoms with Gasteiger partial charge in [0.05, 0.1) is 13.2 Å². The van der Waals surface area contributed by atoms with E-state index in [0.717, 1.165) is 38.8 Å². The van der Waals surface area contributed by atoms with Gasteiger partial charge in [0.25, 0.3) is 0 Å². The van der Waals surface area contributed by atoms with Crippen molar-refractivity contribution in [3.05, 3.63) is 0 Å². The third-order valence-corrected chi connectivity index (χ3v) is 4.49. The average molecular weight is 255 g/mol. The van der Waals surface area contributed by atoms with E-state index in [1.807, 2.05) is 0 Å². The summed E-state index contributed by atoms with van der Waals surface area (Å²) < 4.78 is 5.39. The Kier molecular flexibility index (Phi) is 5.01. The molecule has 4 nitrogen and oxygen atoms in total. The van der Waals surface area contributed by atoms with E-state index in [1.54, 1.807) is 0 Å². The molecule has 1 unspecified atom stereocenters. The predicted molar refractivity (Wildman–Crippen MR) is 74.7 cm³/mol. The Morgan fingerprint density at radius 2 is 1.94 bits per heavy atom. The lowest BCUT2D eigenvalue weighted by Crippen LogP contribution is -2.45. The van der Waals surface area contributed by atoms with E-state index in [2.05, 4.69) is 23.6 Å². The van der Waals surface area contributed by atoms with E-state index in [4.69, 9.17) is 10.5 Å². The number of ether oxygens (including phenoxy) is 1. The smallest absolute Gasteiger partial charge is 0.0594 e. The highest BCUT2D eigenvalue weighted by Crippen LogP contribution is 2.33. The fraction of sp³-hybridized carbons (Fsp3) is 1.00. The van der Waals surface area contributed by atoms with E-state index in [-0.39, 0.29) is 0 Å². The zero-order valence-electron chi connectivity index (χ0n) is 12.0. The Labute approximate surface area is 111 Å². The van der Waals surface area contributed by atoms with Crippen molar-refractivity contribution in [2.24, 2.45) is 11.7 Å². The van der Waals surface area contributed by atoms with Crippen LogP contribution in [0, 0.1) is 5.92 Å². The Morgan fingerprint density at radius 3 is 2.61 bits per heavy atom. The summed E-state index contributed by atoms with van der Waals surface area (Å²) >= 11 is 0. The molecule has 0 aromatic rings. The van der Waals surface area contributed by atoms with Crippen LogP contribution in [0.1, 0.15) is 26.7 Å². The number of morpholine rings is 1. The van der Waals surface area contributed by atoms with E-state index in [1.165, 1.54) is 32.5 Å². The molecule has 18 heavy (non-hydrogen) atoms. The zero-order valence-corrected chi connectivity index (χ0v) is 12.0. The van der Waals surface area contributed by atoms with Crippen molar-refractivity contribution < 1.29 is 4.74 Å². The SMILES string of the molecule is CC1(C)CC(CCN)CN1CCN1CCOCC1. The van der Waals surface area contributed by atoms with Gasteiger partial charge in [-0.25, -0.2) is 0 Å². The summed E-state index contributed by atoms with van der Waals surface area (Å²) in [6, 6.07) is 0. The summed E-state index contributed by atoms with van der Waals surface area (Å²) in [5, 5.41) is 0. The summed E-state index contributed by atoms with van der Waals surface area (Å²) in [6.45, 7) is 13.2. The van der Waals surface area contributed by atoms with Crippen LogP contribution < -0.4 is 5.73 Å². The number of nitrogens with zero attached hydrogens (tertiary/aromatic N) is 2. The number of likely N-dealkylation sites (tertiary alicyclic amines) is 1. The minimum absolute atomic E-state index is 0.353. The van der Waals surface area contributed by atoms with Gasteiger partial charge in [-0.1, -0.05) is 0 Å². The van der Waals surface area contributed by atoms with E-state index < -0.39 is 0 Å². The first kappa shape index (κ1) is 14.3. The third-order valence-electron chi connectivity index (χ3n) is 4.49. The van der Waals surface area contributed by atoms with E-state index >= 15 is 0 Å². The fourth-order valence-electron chi connectivity index (χ4n) is 3.37. The maximum atomic E-state index is 5.69. The highest BCUT2D eigenvalue weighted by atomic mass is 16.5. The minimum Gasteiger partial charge on any atom is -0.379 e. The second-order valence-corrected chi connectivity index (χ2v) is 6.36. The summed E-state index contributed by atoms with van der Waals surface area (Å²) in [6.07, 6.45) is 2.48. The standard InChI is InChI=1S/C14H29N3O/c1-14(2)11-13(3-4-15)12-17(14)6-5-16-7-9-18-10-8-16/h13H,3-12,15H2,1-2H3. The lowest BCUT2D eigenvalue weighted by atomic mass is 9.94. The van der Waals surface area contributed by atoms with Crippen molar-refractivity contribution in [2.45, 2.75) is 32.2 Å². The minimum atomic E-state index is 0.353. The summed E-state index contributed by atoms with van der Waals surface area (Å²) in [7, 11) is 0. The van der Waals surface area contributed by atoms with Gasteiger partial charge in [-0.05, 0) is 39.2 Å². The van der Waals surface area contributed by atoms with Crippen LogP contribution in [-0.4, -0.2) is 67.8 Å². The van der Waals surface area contributed by atoms with Gasteiger partial charge in [0.15, 0.2) is 0 Å². The van der Waals surface area contributed by atoms with E-state index in [9.17, 15) is 0 Å². The lowest BCUT2D eigenvalue weighted by Gasteiger charge is -2.34. The molecule has 2 N–H and O–H groups in total. The van der Waals surface area contributed by atoms with Crippen LogP contribution in [-0.2, 0) is 4.74 Å². The molecule has 2 saturated heterocycles. The molecule has 0 aromatic carbocycles. The summed E-state index contributed by atoms with van der Waals surface area (Å²) in [5.74, 6) is 0.801. The zero-order chi connectivity index (χ0) is 13.0. The van der Waals surface area contributed by atoms with Gasteiger partial charge in [-0.2, -0.15) is 0 Å². The quantitative estimate of drug-likeness (QED) is 0.788. The Balaban J connectivity index is 1.77. The molecular weight excluding hydrogens is 226 g/mol. The predicted octanol–water partition coefficient (Wildman–Crippen LogP) is 0.768. The van der Waals surface area contributed by atoms with Gasteiger partial charge in [-0.3, -0.25) is 9.80 Å². The molecule has 0 aliphatic carbocycles. The molecule has 2 aliphatic rings. The molecule has 0 saturated carbocycles. The van der Waals surface area contributed by atoms with Crippen molar-refractivity contribution in [3.8, 4) is 0 Å². The molecule has 0 aromatic heterocycles. The van der Waals surface area contributed by atoms with Gasteiger partial charge in [0.1, 0.15) is 0 Å². The van der Waals surface area contributed by atoms with Gasteiger partial charge in [-0.15, -0.1) is 0 Å². The van der Waals surface area contributed by atoms with Crippen LogP contribution in [0.2, 0.25) is 0 Å². The second kappa shape index (κ2) is 6.33. The summed E-state index contributed by atoms with van der Waals surface area (Å²) in [4.78, 5) is 5.18. The van der Waals surface area contributed by atoms with E-state index in [0.29, 0.717) is 5.54 Å². The molecule has 0 amide bonds. The van der Waals surface area contributed by atoms with Gasteiger partial charge in [0.2, 0.25) is 0 Å². The van der Waals surface area contributed by atoms with Crippen LogP contribution in [0.5, 0.6) is 0 Å². The molecule has 1 atom stereocenters. The number of rotatable bonds is 5. The number of nitrogens with two attached hydrogens (primary N) is 1.